The van der Waals surface area contributed by atoms with Crippen molar-refractivity contribution in [1.82, 2.24) is 9.88 Å². The van der Waals surface area contributed by atoms with Gasteiger partial charge in [0.1, 0.15) is 17.2 Å². The first-order valence-corrected chi connectivity index (χ1v) is 11.9. The van der Waals surface area contributed by atoms with Gasteiger partial charge in [0.15, 0.2) is 0 Å². The van der Waals surface area contributed by atoms with Crippen LogP contribution in [0.5, 0.6) is 5.88 Å². The summed E-state index contributed by atoms with van der Waals surface area (Å²) >= 11 is 12.7. The predicted octanol–water partition coefficient (Wildman–Crippen LogP) is 5.10. The van der Waals surface area contributed by atoms with Gasteiger partial charge in [-0.3, -0.25) is 4.90 Å². The number of esters is 1. The highest BCUT2D eigenvalue weighted by Gasteiger charge is 2.71. The molecular weight excluding hydrogens is 435 g/mol. The van der Waals surface area contributed by atoms with Crippen molar-refractivity contribution in [1.29, 1.82) is 0 Å². The van der Waals surface area contributed by atoms with Gasteiger partial charge in [0.2, 0.25) is 5.88 Å². The standard InChI is InChI=1S/C24H30Cl2N2O3/c1-16-7-8-18-23(2,3)24(18,13-16)15-31-22(29)19-17(25)14-27-21(20(19)26)30-12-11-28-9-5-4-6-10-28/h14,16,18H,4-6,9-13,15H2,1-3H3. The first-order valence-electron chi connectivity index (χ1n) is 11.1. The molecular formula is C24H30Cl2N2O3. The van der Waals surface area contributed by atoms with Crippen LogP contribution in [0.1, 0.15) is 56.8 Å². The van der Waals surface area contributed by atoms with E-state index in [1.54, 1.807) is 0 Å². The van der Waals surface area contributed by atoms with Crippen molar-refractivity contribution in [3.8, 4) is 17.7 Å². The quantitative estimate of drug-likeness (QED) is 0.415. The summed E-state index contributed by atoms with van der Waals surface area (Å²) < 4.78 is 11.5. The number of aromatic nitrogens is 1. The van der Waals surface area contributed by atoms with Gasteiger partial charge in [0.05, 0.1) is 17.8 Å². The highest BCUT2D eigenvalue weighted by Crippen LogP contribution is 2.72. The molecule has 2 heterocycles. The molecule has 31 heavy (non-hydrogen) atoms. The van der Waals surface area contributed by atoms with E-state index in [9.17, 15) is 4.79 Å². The number of carbonyl (C=O) groups is 1. The van der Waals surface area contributed by atoms with E-state index in [4.69, 9.17) is 32.7 Å². The summed E-state index contributed by atoms with van der Waals surface area (Å²) in [6, 6.07) is 0. The zero-order chi connectivity index (χ0) is 22.2. The molecule has 3 unspecified atom stereocenters. The number of halogens is 2. The zero-order valence-electron chi connectivity index (χ0n) is 18.5. The molecule has 4 rings (SSSR count). The smallest absolute Gasteiger partial charge is 0.341 e. The molecule has 1 saturated heterocycles. The third-order valence-corrected chi connectivity index (χ3v) is 7.96. The van der Waals surface area contributed by atoms with Crippen LogP contribution in [-0.2, 0) is 4.74 Å². The molecule has 3 atom stereocenters. The molecule has 3 aliphatic rings. The summed E-state index contributed by atoms with van der Waals surface area (Å²) in [6.45, 7) is 10.2. The van der Waals surface area contributed by atoms with Gasteiger partial charge >= 0.3 is 5.97 Å². The Kier molecular flexibility index (Phi) is 6.45. The molecule has 1 aliphatic heterocycles. The molecule has 0 spiro atoms. The molecule has 0 amide bonds. The van der Waals surface area contributed by atoms with Gasteiger partial charge in [-0.2, -0.15) is 0 Å². The number of ether oxygens (including phenoxy) is 2. The second kappa shape index (κ2) is 8.81. The van der Waals surface area contributed by atoms with Gasteiger partial charge in [-0.15, -0.1) is 0 Å². The van der Waals surface area contributed by atoms with E-state index in [0.29, 0.717) is 19.1 Å². The Morgan fingerprint density at radius 1 is 1.26 bits per heavy atom. The van der Waals surface area contributed by atoms with Crippen molar-refractivity contribution >= 4 is 29.2 Å². The lowest BCUT2D eigenvalue weighted by Crippen LogP contribution is -2.33. The largest absolute Gasteiger partial charge is 0.475 e. The lowest BCUT2D eigenvalue weighted by Gasteiger charge is -2.26. The summed E-state index contributed by atoms with van der Waals surface area (Å²) in [5.41, 5.74) is 0.0415. The zero-order valence-corrected chi connectivity index (χ0v) is 20.0. The minimum absolute atomic E-state index is 0.0274. The number of hydrogen-bond acceptors (Lipinski definition) is 5. The Bertz CT molecular complexity index is 917. The lowest BCUT2D eigenvalue weighted by molar-refractivity contribution is 0.0353. The number of hydrogen-bond donors (Lipinski definition) is 0. The first kappa shape index (κ1) is 22.7. The van der Waals surface area contributed by atoms with Gasteiger partial charge in [0, 0.05) is 23.8 Å². The number of pyridine rings is 1. The summed E-state index contributed by atoms with van der Waals surface area (Å²) in [4.78, 5) is 19.5. The molecule has 0 aromatic carbocycles. The van der Waals surface area contributed by atoms with Crippen LogP contribution in [0.15, 0.2) is 6.20 Å². The van der Waals surface area contributed by atoms with Crippen LogP contribution in [0, 0.1) is 34.5 Å². The Balaban J connectivity index is 1.40. The van der Waals surface area contributed by atoms with Crippen molar-refractivity contribution in [3.05, 3.63) is 21.8 Å². The molecule has 0 bridgehead atoms. The molecule has 1 saturated carbocycles. The van der Waals surface area contributed by atoms with Crippen LogP contribution in [-0.4, -0.2) is 48.7 Å². The Hall–Kier alpha value is -1.48. The highest BCUT2D eigenvalue weighted by atomic mass is 35.5. The predicted molar refractivity (Wildman–Crippen MR) is 122 cm³/mol. The van der Waals surface area contributed by atoms with E-state index < -0.39 is 5.97 Å². The number of nitrogens with zero attached hydrogens (tertiary/aromatic N) is 2. The van der Waals surface area contributed by atoms with Crippen LogP contribution in [0.3, 0.4) is 0 Å². The third kappa shape index (κ3) is 4.27. The normalized spacial score (nSPS) is 28.8. The molecule has 168 valence electrons. The van der Waals surface area contributed by atoms with Gasteiger partial charge in [0.25, 0.3) is 0 Å². The maximum absolute atomic E-state index is 12.9. The number of fused-ring (bicyclic) bond motifs is 1. The minimum Gasteiger partial charge on any atom is -0.475 e. The molecule has 0 radical (unpaired) electrons. The topological polar surface area (TPSA) is 51.7 Å². The van der Waals surface area contributed by atoms with E-state index in [2.05, 4.69) is 42.5 Å². The molecule has 2 aliphatic carbocycles. The van der Waals surface area contributed by atoms with Crippen LogP contribution in [0.2, 0.25) is 10.0 Å². The van der Waals surface area contributed by atoms with Crippen LogP contribution in [0.25, 0.3) is 0 Å². The number of carbonyl (C=O) groups excluding carboxylic acids is 1. The van der Waals surface area contributed by atoms with Crippen molar-refractivity contribution in [3.63, 3.8) is 0 Å². The van der Waals surface area contributed by atoms with Gasteiger partial charge in [-0.25, -0.2) is 9.78 Å². The first-order chi connectivity index (χ1) is 14.8. The van der Waals surface area contributed by atoms with Crippen molar-refractivity contribution in [2.45, 2.75) is 46.5 Å². The SMILES string of the molecule is CC1C#CC2C(C)(C)C2(COC(=O)c2c(Cl)cnc(OCCN3CCCCC3)c2Cl)C1. The van der Waals surface area contributed by atoms with E-state index in [-0.39, 0.29) is 38.2 Å². The molecule has 7 heteroatoms. The second-order valence-corrected chi connectivity index (χ2v) is 10.4. The third-order valence-electron chi connectivity index (χ3n) is 7.32. The molecule has 1 aromatic rings. The number of likely N-dealkylation sites (tertiary alicyclic amines) is 1. The van der Waals surface area contributed by atoms with Crippen LogP contribution in [0.4, 0.5) is 0 Å². The Morgan fingerprint density at radius 3 is 2.74 bits per heavy atom. The van der Waals surface area contributed by atoms with Crippen molar-refractivity contribution < 1.29 is 14.3 Å². The summed E-state index contributed by atoms with van der Waals surface area (Å²) in [5, 5.41) is 0.274. The molecule has 5 nitrogen and oxygen atoms in total. The minimum atomic E-state index is -0.541. The second-order valence-electron chi connectivity index (χ2n) is 9.63. The lowest BCUT2D eigenvalue weighted by atomic mass is 9.85. The van der Waals surface area contributed by atoms with Gasteiger partial charge in [-0.1, -0.05) is 62.2 Å². The number of piperidine rings is 1. The van der Waals surface area contributed by atoms with Crippen LogP contribution >= 0.6 is 23.2 Å². The Labute approximate surface area is 194 Å². The maximum atomic E-state index is 12.9. The van der Waals surface area contributed by atoms with E-state index in [1.165, 1.54) is 25.5 Å². The van der Waals surface area contributed by atoms with E-state index in [0.717, 1.165) is 26.1 Å². The summed E-state index contributed by atoms with van der Waals surface area (Å²) in [6.07, 6.45) is 6.06. The summed E-state index contributed by atoms with van der Waals surface area (Å²) in [7, 11) is 0. The van der Waals surface area contributed by atoms with Crippen molar-refractivity contribution in [2.75, 3.05) is 32.8 Å². The van der Waals surface area contributed by atoms with E-state index in [1.807, 2.05) is 0 Å². The van der Waals surface area contributed by atoms with E-state index >= 15 is 0 Å². The fourth-order valence-electron chi connectivity index (χ4n) is 5.25. The average Bonchev–Trinajstić information content (AvgIpc) is 3.23. The molecule has 2 fully saturated rings. The molecule has 0 N–H and O–H groups in total. The highest BCUT2D eigenvalue weighted by molar-refractivity contribution is 6.39. The average molecular weight is 465 g/mol. The Morgan fingerprint density at radius 2 is 2.00 bits per heavy atom. The fourth-order valence-corrected chi connectivity index (χ4v) is 5.80. The van der Waals surface area contributed by atoms with Gasteiger partial charge < -0.3 is 9.47 Å². The monoisotopic (exact) mass is 464 g/mol. The maximum Gasteiger partial charge on any atom is 0.341 e. The van der Waals surface area contributed by atoms with Gasteiger partial charge in [-0.05, 0) is 37.8 Å². The fraction of sp³-hybridized carbons (Fsp3) is 0.667. The van der Waals surface area contributed by atoms with Crippen molar-refractivity contribution in [2.24, 2.45) is 22.7 Å². The number of rotatable bonds is 7. The summed E-state index contributed by atoms with van der Waals surface area (Å²) in [5.74, 6) is 6.86. The van der Waals surface area contributed by atoms with Crippen LogP contribution < -0.4 is 4.74 Å². The molecule has 1 aromatic heterocycles.